The molecule has 0 bridgehead atoms. The quantitative estimate of drug-likeness (QED) is 0.743. The molecule has 6 heteroatoms. The molecule has 2 N–H and O–H groups in total. The lowest BCUT2D eigenvalue weighted by Gasteiger charge is -2.01. The predicted octanol–water partition coefficient (Wildman–Crippen LogP) is 3.13. The van der Waals surface area contributed by atoms with Crippen LogP contribution in [0.25, 0.3) is 16.6 Å². The van der Waals surface area contributed by atoms with Gasteiger partial charge in [0.25, 0.3) is 0 Å². The molecule has 0 aromatic carbocycles. The number of nitrogens with two attached hydrogens (primary N) is 1. The Hall–Kier alpha value is -2.50. The number of aromatic nitrogens is 5. The summed E-state index contributed by atoms with van der Waals surface area (Å²) in [6.45, 7) is 9.97. The first-order valence-electron chi connectivity index (χ1n) is 7.13. The van der Waals surface area contributed by atoms with E-state index in [-0.39, 0.29) is 0 Å². The highest BCUT2D eigenvalue weighted by molar-refractivity contribution is 5.87. The first kappa shape index (κ1) is 16.6. The summed E-state index contributed by atoms with van der Waals surface area (Å²) in [7, 11) is 0. The maximum atomic E-state index is 5.90. The van der Waals surface area contributed by atoms with Crippen molar-refractivity contribution in [2.24, 2.45) is 0 Å². The Kier molecular flexibility index (Phi) is 6.26. The molecule has 0 fully saturated rings. The molecule has 21 heavy (non-hydrogen) atoms. The summed E-state index contributed by atoms with van der Waals surface area (Å²) in [5.41, 5.74) is 9.62. The standard InChI is InChI=1S/C11H10N6.2C2H6/c1-7-4-9(8-2-3-14-15-5-8)10-11(12)13-6-16-17(7)10;2*1-2/h2-6H,1H3,(H2,12,13,16);2*1-2H3. The van der Waals surface area contributed by atoms with Crippen molar-refractivity contribution in [2.45, 2.75) is 34.6 Å². The van der Waals surface area contributed by atoms with Crippen molar-refractivity contribution < 1.29 is 0 Å². The lowest BCUT2D eigenvalue weighted by Crippen LogP contribution is -2.00. The number of anilines is 1. The van der Waals surface area contributed by atoms with Crippen molar-refractivity contribution in [2.75, 3.05) is 5.73 Å². The molecule has 3 aromatic heterocycles. The third-order valence-electron chi connectivity index (χ3n) is 2.66. The van der Waals surface area contributed by atoms with Gasteiger partial charge in [-0.3, -0.25) is 0 Å². The van der Waals surface area contributed by atoms with Crippen LogP contribution in [0.5, 0.6) is 0 Å². The van der Waals surface area contributed by atoms with Gasteiger partial charge in [-0.1, -0.05) is 27.7 Å². The number of hydrogen-bond donors (Lipinski definition) is 1. The van der Waals surface area contributed by atoms with Crippen LogP contribution in [-0.4, -0.2) is 24.8 Å². The topological polar surface area (TPSA) is 82.0 Å². The second-order valence-electron chi connectivity index (χ2n) is 3.74. The van der Waals surface area contributed by atoms with Gasteiger partial charge in [-0.2, -0.15) is 15.3 Å². The Balaban J connectivity index is 0.000000510. The minimum Gasteiger partial charge on any atom is -0.382 e. The molecule has 0 radical (unpaired) electrons. The van der Waals surface area contributed by atoms with E-state index in [4.69, 9.17) is 5.73 Å². The highest BCUT2D eigenvalue weighted by Gasteiger charge is 2.12. The van der Waals surface area contributed by atoms with E-state index < -0.39 is 0 Å². The molecule has 0 atom stereocenters. The largest absolute Gasteiger partial charge is 0.382 e. The maximum absolute atomic E-state index is 5.90. The molecule has 0 aliphatic rings. The number of nitrogens with zero attached hydrogens (tertiary/aromatic N) is 5. The van der Waals surface area contributed by atoms with Gasteiger partial charge < -0.3 is 5.73 Å². The van der Waals surface area contributed by atoms with Gasteiger partial charge in [0.2, 0.25) is 0 Å². The monoisotopic (exact) mass is 286 g/mol. The van der Waals surface area contributed by atoms with Gasteiger partial charge in [0.05, 0.1) is 12.4 Å². The molecule has 112 valence electrons. The van der Waals surface area contributed by atoms with Gasteiger partial charge in [-0.15, -0.1) is 0 Å². The molecule has 0 saturated carbocycles. The molecule has 3 aromatic rings. The summed E-state index contributed by atoms with van der Waals surface area (Å²) in [6.07, 6.45) is 4.79. The van der Waals surface area contributed by atoms with E-state index in [0.29, 0.717) is 5.82 Å². The van der Waals surface area contributed by atoms with E-state index in [2.05, 4.69) is 20.3 Å². The summed E-state index contributed by atoms with van der Waals surface area (Å²) < 4.78 is 1.78. The lowest BCUT2D eigenvalue weighted by molar-refractivity contribution is 0.875. The van der Waals surface area contributed by atoms with Gasteiger partial charge in [-0.25, -0.2) is 9.50 Å². The van der Waals surface area contributed by atoms with Crippen LogP contribution in [-0.2, 0) is 0 Å². The van der Waals surface area contributed by atoms with Crippen molar-refractivity contribution in [1.29, 1.82) is 0 Å². The third-order valence-corrected chi connectivity index (χ3v) is 2.66. The molecule has 0 saturated heterocycles. The van der Waals surface area contributed by atoms with Crippen LogP contribution in [0.3, 0.4) is 0 Å². The summed E-state index contributed by atoms with van der Waals surface area (Å²) >= 11 is 0. The third kappa shape index (κ3) is 3.34. The van der Waals surface area contributed by atoms with Crippen LogP contribution in [0.2, 0.25) is 0 Å². The molecular weight excluding hydrogens is 264 g/mol. The van der Waals surface area contributed by atoms with E-state index in [0.717, 1.165) is 22.3 Å². The average molecular weight is 286 g/mol. The van der Waals surface area contributed by atoms with Crippen molar-refractivity contribution in [3.05, 3.63) is 36.5 Å². The SMILES string of the molecule is CC.CC.Cc1cc(-c2ccnnc2)c2c(N)ncnn12. The van der Waals surface area contributed by atoms with E-state index in [9.17, 15) is 0 Å². The second kappa shape index (κ2) is 7.94. The number of aryl methyl sites for hydroxylation is 1. The zero-order valence-corrected chi connectivity index (χ0v) is 13.2. The number of fused-ring (bicyclic) bond motifs is 1. The van der Waals surface area contributed by atoms with Crippen LogP contribution < -0.4 is 5.73 Å². The van der Waals surface area contributed by atoms with Crippen molar-refractivity contribution >= 4 is 11.3 Å². The molecule has 0 unspecified atom stereocenters. The summed E-state index contributed by atoms with van der Waals surface area (Å²) in [5, 5.41) is 11.8. The Bertz CT molecular complexity index is 675. The average Bonchev–Trinajstić information content (AvgIpc) is 2.91. The zero-order valence-electron chi connectivity index (χ0n) is 13.2. The summed E-state index contributed by atoms with van der Waals surface area (Å²) in [6, 6.07) is 3.89. The van der Waals surface area contributed by atoms with E-state index in [1.165, 1.54) is 6.33 Å². The lowest BCUT2D eigenvalue weighted by atomic mass is 10.1. The highest BCUT2D eigenvalue weighted by atomic mass is 15.3. The molecule has 3 rings (SSSR count). The molecule has 6 nitrogen and oxygen atoms in total. The smallest absolute Gasteiger partial charge is 0.151 e. The fraction of sp³-hybridized carbons (Fsp3) is 0.333. The van der Waals surface area contributed by atoms with E-state index in [1.54, 1.807) is 16.9 Å². The van der Waals surface area contributed by atoms with E-state index >= 15 is 0 Å². The van der Waals surface area contributed by atoms with Gasteiger partial charge in [0.15, 0.2) is 5.82 Å². The first-order chi connectivity index (χ1) is 10.3. The van der Waals surface area contributed by atoms with Crippen LogP contribution in [0.4, 0.5) is 5.82 Å². The Labute approximate surface area is 125 Å². The predicted molar refractivity (Wildman–Crippen MR) is 85.9 cm³/mol. The number of nitrogen functional groups attached to an aromatic ring is 1. The Morgan fingerprint density at radius 1 is 1.10 bits per heavy atom. The van der Waals surface area contributed by atoms with Crippen LogP contribution in [0.15, 0.2) is 30.9 Å². The first-order valence-corrected chi connectivity index (χ1v) is 7.13. The molecule has 0 amide bonds. The highest BCUT2D eigenvalue weighted by Crippen LogP contribution is 2.28. The van der Waals surface area contributed by atoms with Crippen molar-refractivity contribution in [3.63, 3.8) is 0 Å². The van der Waals surface area contributed by atoms with Gasteiger partial charge >= 0.3 is 0 Å². The number of rotatable bonds is 1. The fourth-order valence-electron chi connectivity index (χ4n) is 1.89. The normalized spacial score (nSPS) is 9.38. The molecule has 0 spiro atoms. The Morgan fingerprint density at radius 3 is 2.43 bits per heavy atom. The van der Waals surface area contributed by atoms with Crippen molar-refractivity contribution in [1.82, 2.24) is 24.8 Å². The molecule has 0 aliphatic heterocycles. The minimum absolute atomic E-state index is 0.458. The minimum atomic E-state index is 0.458. The Morgan fingerprint density at radius 2 is 1.81 bits per heavy atom. The van der Waals surface area contributed by atoms with Gasteiger partial charge in [0, 0.05) is 16.8 Å². The summed E-state index contributed by atoms with van der Waals surface area (Å²) in [4.78, 5) is 4.02. The van der Waals surface area contributed by atoms with Gasteiger partial charge in [0.1, 0.15) is 11.8 Å². The van der Waals surface area contributed by atoms with E-state index in [1.807, 2.05) is 46.8 Å². The summed E-state index contributed by atoms with van der Waals surface area (Å²) in [5.74, 6) is 0.458. The number of hydrogen-bond acceptors (Lipinski definition) is 5. The van der Waals surface area contributed by atoms with Crippen LogP contribution in [0, 0.1) is 6.92 Å². The zero-order chi connectivity index (χ0) is 15.8. The van der Waals surface area contributed by atoms with Crippen LogP contribution >= 0.6 is 0 Å². The fourth-order valence-corrected chi connectivity index (χ4v) is 1.89. The van der Waals surface area contributed by atoms with Gasteiger partial charge in [-0.05, 0) is 19.1 Å². The van der Waals surface area contributed by atoms with Crippen molar-refractivity contribution in [3.8, 4) is 11.1 Å². The molecule has 3 heterocycles. The molecule has 0 aliphatic carbocycles. The van der Waals surface area contributed by atoms with Crippen LogP contribution in [0.1, 0.15) is 33.4 Å². The second-order valence-corrected chi connectivity index (χ2v) is 3.74. The molecular formula is C15H22N6. The maximum Gasteiger partial charge on any atom is 0.151 e.